The number of carboxylic acids is 13. The number of nitrogens with zero attached hydrogens (tertiary/aromatic N) is 1. The van der Waals surface area contributed by atoms with Crippen molar-refractivity contribution >= 4 is 99.2 Å². The Morgan fingerprint density at radius 2 is 0.849 bits per heavy atom. The molecule has 0 bridgehead atoms. The zero-order valence-corrected chi connectivity index (χ0v) is 53.8. The quantitative estimate of drug-likeness (QED) is 0.0168. The largest absolute Gasteiger partial charge is 0.481 e. The summed E-state index contributed by atoms with van der Waals surface area (Å²) in [6.45, 7) is 9.48. The van der Waals surface area contributed by atoms with Crippen LogP contribution in [0.1, 0.15) is 111 Å². The molecule has 32 N–H and O–H groups in total. The van der Waals surface area contributed by atoms with Gasteiger partial charge in [0, 0.05) is 63.0 Å². The molecule has 0 aliphatic rings. The van der Waals surface area contributed by atoms with Crippen molar-refractivity contribution < 1.29 is 129 Å². The lowest BCUT2D eigenvalue weighted by molar-refractivity contribution is -0.143. The molecule has 1 heterocycles. The molecular weight excluding hydrogens is 1290 g/mol. The lowest BCUT2D eigenvalue weighted by atomic mass is 10.0. The van der Waals surface area contributed by atoms with E-state index in [1.54, 1.807) is 13.1 Å². The molecule has 0 aromatic carbocycles. The molecule has 1 rings (SSSR count). The molecule has 43 heteroatoms. The maximum Gasteiger partial charge on any atom is 0.322 e. The number of nitrogens with two attached hydrogens (primary N) is 5. The molecule has 0 aliphatic heterocycles. The highest BCUT2D eigenvalue weighted by Gasteiger charge is 2.24. The number of aromatic amines is 1. The topological polar surface area (TPSA) is 740 Å². The van der Waals surface area contributed by atoms with Crippen molar-refractivity contribution in [1.82, 2.24) is 53.4 Å². The molecule has 0 saturated heterocycles. The third-order valence-corrected chi connectivity index (χ3v) is 12.8. The van der Waals surface area contributed by atoms with Crippen LogP contribution in [0, 0.1) is 11.8 Å². The van der Waals surface area contributed by atoms with Gasteiger partial charge in [-0.05, 0) is 77.7 Å². The number of hydrazine groups is 4. The number of aromatic nitrogens is 2. The van der Waals surface area contributed by atoms with Crippen LogP contribution in [0.2, 0.25) is 0 Å². The van der Waals surface area contributed by atoms with Crippen LogP contribution in [0.25, 0.3) is 0 Å². The zero-order valence-electron chi connectivity index (χ0n) is 52.1. The predicted octanol–water partition coefficient (Wildman–Crippen LogP) is -3.91. The molecule has 540 valence electrons. The van der Waals surface area contributed by atoms with Gasteiger partial charge in [0.2, 0.25) is 0 Å². The summed E-state index contributed by atoms with van der Waals surface area (Å²) in [5.41, 5.74) is 46.1. The first-order valence-corrected chi connectivity index (χ1v) is 30.5. The first kappa shape index (κ1) is 96.6. The zero-order chi connectivity index (χ0) is 73.2. The van der Waals surface area contributed by atoms with E-state index < -0.39 is 132 Å². The van der Waals surface area contributed by atoms with E-state index in [2.05, 4.69) is 59.1 Å². The molecule has 0 spiro atoms. The second-order valence-corrected chi connectivity index (χ2v) is 22.0. The lowest BCUT2D eigenvalue weighted by Crippen LogP contribution is -2.53. The van der Waals surface area contributed by atoms with E-state index in [1.165, 1.54) is 41.8 Å². The highest BCUT2D eigenvalue weighted by Crippen LogP contribution is 2.22. The van der Waals surface area contributed by atoms with Gasteiger partial charge in [0.25, 0.3) is 0 Å². The van der Waals surface area contributed by atoms with E-state index in [0.29, 0.717) is 51.0 Å². The van der Waals surface area contributed by atoms with Crippen LogP contribution in [0.15, 0.2) is 12.5 Å². The third-order valence-electron chi connectivity index (χ3n) is 10.3. The molecule has 0 radical (unpaired) electrons. The molecule has 1 aromatic rings. The third kappa shape index (κ3) is 70.2. The van der Waals surface area contributed by atoms with E-state index in [9.17, 15) is 62.3 Å². The fraction of sp³-hybridized carbons (Fsp3) is 0.680. The van der Waals surface area contributed by atoms with Crippen LogP contribution in [0.3, 0.4) is 0 Å². The number of hydrogen-bond acceptors (Lipinski definition) is 29. The summed E-state index contributed by atoms with van der Waals surface area (Å²) in [5, 5.41) is 111. The number of carboxylic acid groups (broad SMARTS) is 13. The summed E-state index contributed by atoms with van der Waals surface area (Å²) in [7, 11) is 2.39. The molecule has 0 saturated carbocycles. The van der Waals surface area contributed by atoms with Crippen molar-refractivity contribution in [3.8, 4) is 0 Å². The van der Waals surface area contributed by atoms with E-state index >= 15 is 0 Å². The van der Waals surface area contributed by atoms with Gasteiger partial charge in [-0.15, -0.1) is 0 Å². The summed E-state index contributed by atoms with van der Waals surface area (Å²) in [6.07, 6.45) is 6.50. The van der Waals surface area contributed by atoms with Gasteiger partial charge >= 0.3 is 77.6 Å². The Morgan fingerprint density at radius 3 is 1.20 bits per heavy atom. The van der Waals surface area contributed by atoms with E-state index in [1.807, 2.05) is 13.8 Å². The van der Waals surface area contributed by atoms with Gasteiger partial charge < -0.3 is 100 Å². The minimum absolute atomic E-state index is 0.00406. The van der Waals surface area contributed by atoms with E-state index in [0.717, 1.165) is 12.8 Å². The number of nitrogens with one attached hydrogen (secondary N) is 9. The Bertz CT molecular complexity index is 2260. The highest BCUT2D eigenvalue weighted by molar-refractivity contribution is 8.76. The minimum Gasteiger partial charge on any atom is -0.481 e. The molecule has 9 atom stereocenters. The number of aliphatic carboxylic acids is 13. The Kier molecular flexibility index (Phi) is 64.4. The van der Waals surface area contributed by atoms with Crippen LogP contribution in [-0.2, 0) is 68.7 Å². The summed E-state index contributed by atoms with van der Waals surface area (Å²) in [4.78, 5) is 142. The van der Waals surface area contributed by atoms with Crippen molar-refractivity contribution in [3.63, 3.8) is 0 Å². The average molecular weight is 1390 g/mol. The Hall–Kier alpha value is -7.50. The van der Waals surface area contributed by atoms with Crippen molar-refractivity contribution in [2.45, 2.75) is 160 Å². The van der Waals surface area contributed by atoms with Gasteiger partial charge in [-0.2, -0.15) is 0 Å². The number of imidazole rings is 1. The average Bonchev–Trinajstić information content (AvgIpc) is 2.43. The molecule has 3 unspecified atom stereocenters. The number of unbranched alkanes of at least 4 members (excludes halogenated alkanes) is 1. The van der Waals surface area contributed by atoms with Gasteiger partial charge in [-0.1, -0.05) is 42.4 Å². The molecule has 0 amide bonds. The van der Waals surface area contributed by atoms with Gasteiger partial charge in [0.15, 0.2) is 0 Å². The van der Waals surface area contributed by atoms with Gasteiger partial charge in [-0.25, -0.2) is 32.1 Å². The summed E-state index contributed by atoms with van der Waals surface area (Å²) < 4.78 is 0. The monoisotopic (exact) mass is 1390 g/mol. The number of rotatable bonds is 46. The summed E-state index contributed by atoms with van der Waals surface area (Å²) in [6, 6.07) is -6.81. The molecule has 93 heavy (non-hydrogen) atoms. The van der Waals surface area contributed by atoms with Gasteiger partial charge in [0.05, 0.1) is 24.5 Å². The summed E-state index contributed by atoms with van der Waals surface area (Å²) in [5.74, 6) is -12.9. The van der Waals surface area contributed by atoms with Gasteiger partial charge in [0.1, 0.15) is 48.3 Å². The normalized spacial score (nSPS) is 13.2. The maximum atomic E-state index is 11.1. The minimum atomic E-state index is -1.19. The first-order chi connectivity index (χ1) is 43.2. The second kappa shape index (κ2) is 62.0. The van der Waals surface area contributed by atoms with Crippen molar-refractivity contribution in [1.29, 1.82) is 0 Å². The first-order valence-electron chi connectivity index (χ1n) is 28.0. The van der Waals surface area contributed by atoms with Crippen LogP contribution in [0.5, 0.6) is 0 Å². The van der Waals surface area contributed by atoms with Crippen LogP contribution >= 0.6 is 21.6 Å². The van der Waals surface area contributed by atoms with Gasteiger partial charge in [-0.3, -0.25) is 78.6 Å². The second-order valence-electron chi connectivity index (χ2n) is 19.5. The molecule has 1 aromatic heterocycles. The number of H-pyrrole nitrogens is 1. The predicted molar refractivity (Wildman–Crippen MR) is 333 cm³/mol. The van der Waals surface area contributed by atoms with E-state index in [-0.39, 0.29) is 69.0 Å². The van der Waals surface area contributed by atoms with Crippen molar-refractivity contribution in [2.75, 3.05) is 44.2 Å². The molecule has 41 nitrogen and oxygen atoms in total. The van der Waals surface area contributed by atoms with Crippen LogP contribution in [0.4, 0.5) is 0 Å². The van der Waals surface area contributed by atoms with Crippen LogP contribution in [-0.4, -0.2) is 247 Å². The van der Waals surface area contributed by atoms with Crippen molar-refractivity contribution in [2.24, 2.45) is 40.5 Å². The summed E-state index contributed by atoms with van der Waals surface area (Å²) >= 11 is 0. The lowest BCUT2D eigenvalue weighted by Gasteiger charge is -2.19. The highest BCUT2D eigenvalue weighted by atomic mass is 33.1. The smallest absolute Gasteiger partial charge is 0.322 e. The Morgan fingerprint density at radius 1 is 0.462 bits per heavy atom. The SMILES string of the molecule is CC(C)C[C@H](NNCCCC(=O)O)C(=O)O.CC(CNN[C@@H](CCCCN)C(=O)O)C(=O)O.C[C@H](N)C(=O)O.C[C@H](N)C(=O)O.NC(CSSC[C@H](NNCCCC(=O)O)C(=O)O)C(=O)O.NCC(=O)O.O=C(O)CCCC(NN[C@@H](Cc1c[nH]cn1)C(=O)O)C(=O)O. The molecule has 0 aliphatic carbocycles. The number of carbonyl (C=O) groups is 13. The molecular formula is C50H97N15O26S2. The molecule has 0 fully saturated rings. The maximum absolute atomic E-state index is 11.1. The van der Waals surface area contributed by atoms with Crippen LogP contribution < -0.4 is 72.1 Å². The fourth-order valence-electron chi connectivity index (χ4n) is 5.12. The Labute approximate surface area is 542 Å². The number of hydrogen-bond donors (Lipinski definition) is 27. The van der Waals surface area contributed by atoms with E-state index in [4.69, 9.17) is 89.3 Å². The van der Waals surface area contributed by atoms with Crippen molar-refractivity contribution in [3.05, 3.63) is 18.2 Å². The standard InChI is InChI=1S/C12H18N4O6.C10H19N3O6S2.C10H21N3O4.C10H20N2O4.2C3H7NO2.C2H5NO2/c17-10(18)3-1-2-8(11(19)20)15-16-9(12(21)22)4-7-5-13-6-14-7;11-6(9(16)17)4-20-21-5-7(10(18)19)13-12-3-1-2-8(14)15;1-7(9(14)15)6-12-13-8(10(16)17)4-2-3-5-11;1-7(2)6-8(10(15)16)12-11-5-3-4-9(13)14;2*1-2(4)3(5)6;3-1-2(4)5/h5-6,8-9,15-16H,1-4H2,(H,13,14)(H,17,18)(H,19,20)(H,21,22);6-7,12-13H,1-5,11H2,(H,14,15)(H,16,17)(H,18,19);7-8,12-13H,2-6,11H2,1H3,(H,14,15)(H,16,17);7-8,11-12H,3-6H2,1-2H3,(H,13,14)(H,15,16);2*2H,4H2,1H3,(H,5,6);1,3H2,(H,4,5)/t8?,9-;6?,7-;7?,8-;8-;2*2-;/m000000./s1. The fourth-order valence-corrected chi connectivity index (χ4v) is 7.39. The Balaban J connectivity index is -0.000000251.